The number of carbonyl (C=O) groups excluding carboxylic acids is 1. The SMILES string of the molecule is COc1ccc(CCC(=O)N2CCOCC2C2CCCC2O)cc1. The van der Waals surface area contributed by atoms with Gasteiger partial charge in [0.05, 0.1) is 32.5 Å². The summed E-state index contributed by atoms with van der Waals surface area (Å²) in [5.41, 5.74) is 1.13. The van der Waals surface area contributed by atoms with Gasteiger partial charge in [0.15, 0.2) is 0 Å². The van der Waals surface area contributed by atoms with Crippen LogP contribution in [0.25, 0.3) is 0 Å². The summed E-state index contributed by atoms with van der Waals surface area (Å²) in [5, 5.41) is 10.2. The van der Waals surface area contributed by atoms with E-state index in [4.69, 9.17) is 9.47 Å². The molecule has 1 aliphatic heterocycles. The largest absolute Gasteiger partial charge is 0.497 e. The molecule has 1 amide bonds. The summed E-state index contributed by atoms with van der Waals surface area (Å²) in [6.07, 6.45) is 3.78. The fraction of sp³-hybridized carbons (Fsp3) is 0.632. The Balaban J connectivity index is 1.59. The van der Waals surface area contributed by atoms with Crippen molar-refractivity contribution < 1.29 is 19.4 Å². The Labute approximate surface area is 143 Å². The smallest absolute Gasteiger partial charge is 0.223 e. The fourth-order valence-corrected chi connectivity index (χ4v) is 3.89. The second-order valence-electron chi connectivity index (χ2n) is 6.74. The average Bonchev–Trinajstić information content (AvgIpc) is 3.06. The van der Waals surface area contributed by atoms with Crippen molar-refractivity contribution in [2.24, 2.45) is 5.92 Å². The zero-order valence-electron chi connectivity index (χ0n) is 14.3. The first-order chi connectivity index (χ1) is 11.7. The van der Waals surface area contributed by atoms with E-state index in [1.165, 1.54) is 0 Å². The summed E-state index contributed by atoms with van der Waals surface area (Å²) in [7, 11) is 1.65. The highest BCUT2D eigenvalue weighted by Crippen LogP contribution is 2.32. The molecule has 5 nitrogen and oxygen atoms in total. The highest BCUT2D eigenvalue weighted by molar-refractivity contribution is 5.77. The normalized spacial score (nSPS) is 27.2. The molecule has 1 aliphatic carbocycles. The summed E-state index contributed by atoms with van der Waals surface area (Å²) in [6.45, 7) is 1.78. The summed E-state index contributed by atoms with van der Waals surface area (Å²) < 4.78 is 10.8. The molecule has 1 saturated carbocycles. The third-order valence-corrected chi connectivity index (χ3v) is 5.30. The number of aliphatic hydroxyl groups is 1. The number of hydrogen-bond acceptors (Lipinski definition) is 4. The lowest BCUT2D eigenvalue weighted by atomic mass is 9.93. The Bertz CT molecular complexity index is 545. The van der Waals surface area contributed by atoms with E-state index in [2.05, 4.69) is 0 Å². The van der Waals surface area contributed by atoms with Crippen LogP contribution in [0.15, 0.2) is 24.3 Å². The lowest BCUT2D eigenvalue weighted by molar-refractivity contribution is -0.143. The van der Waals surface area contributed by atoms with Crippen LogP contribution in [0.1, 0.15) is 31.2 Å². The lowest BCUT2D eigenvalue weighted by Crippen LogP contribution is -2.53. The highest BCUT2D eigenvalue weighted by atomic mass is 16.5. The molecule has 1 aromatic rings. The first-order valence-electron chi connectivity index (χ1n) is 8.87. The number of aliphatic hydroxyl groups excluding tert-OH is 1. The van der Waals surface area contributed by atoms with Crippen molar-refractivity contribution in [3.05, 3.63) is 29.8 Å². The minimum atomic E-state index is -0.298. The predicted octanol–water partition coefficient (Wildman–Crippen LogP) is 2.02. The van der Waals surface area contributed by atoms with Gasteiger partial charge in [0, 0.05) is 18.9 Å². The van der Waals surface area contributed by atoms with E-state index in [0.717, 1.165) is 37.0 Å². The van der Waals surface area contributed by atoms with Crippen LogP contribution in [0.2, 0.25) is 0 Å². The number of morpholine rings is 1. The third-order valence-electron chi connectivity index (χ3n) is 5.30. The van der Waals surface area contributed by atoms with Crippen molar-refractivity contribution >= 4 is 5.91 Å². The van der Waals surface area contributed by atoms with Gasteiger partial charge in [0.1, 0.15) is 5.75 Å². The number of methoxy groups -OCH3 is 1. The maximum Gasteiger partial charge on any atom is 0.223 e. The molecule has 0 aromatic heterocycles. The van der Waals surface area contributed by atoms with Gasteiger partial charge in [-0.2, -0.15) is 0 Å². The van der Waals surface area contributed by atoms with Gasteiger partial charge in [-0.05, 0) is 37.0 Å². The van der Waals surface area contributed by atoms with E-state index < -0.39 is 0 Å². The van der Waals surface area contributed by atoms with Crippen molar-refractivity contribution in [2.45, 2.75) is 44.2 Å². The quantitative estimate of drug-likeness (QED) is 0.895. The molecule has 0 bridgehead atoms. The zero-order chi connectivity index (χ0) is 16.9. The van der Waals surface area contributed by atoms with Crippen molar-refractivity contribution in [3.63, 3.8) is 0 Å². The second-order valence-corrected chi connectivity index (χ2v) is 6.74. The van der Waals surface area contributed by atoms with Crippen LogP contribution in [0.5, 0.6) is 5.75 Å². The van der Waals surface area contributed by atoms with Crippen molar-refractivity contribution in [1.29, 1.82) is 0 Å². The zero-order valence-corrected chi connectivity index (χ0v) is 14.3. The Hall–Kier alpha value is -1.59. The van der Waals surface area contributed by atoms with Crippen LogP contribution in [0, 0.1) is 5.92 Å². The fourth-order valence-electron chi connectivity index (χ4n) is 3.89. The summed E-state index contributed by atoms with van der Waals surface area (Å²) in [4.78, 5) is 14.7. The first kappa shape index (κ1) is 17.2. The van der Waals surface area contributed by atoms with Gasteiger partial charge in [-0.15, -0.1) is 0 Å². The van der Waals surface area contributed by atoms with Crippen molar-refractivity contribution in [3.8, 4) is 5.75 Å². The maximum absolute atomic E-state index is 12.7. The predicted molar refractivity (Wildman–Crippen MR) is 91.0 cm³/mol. The molecule has 1 N–H and O–H groups in total. The molecular weight excluding hydrogens is 306 g/mol. The third kappa shape index (κ3) is 3.90. The van der Waals surface area contributed by atoms with E-state index in [-0.39, 0.29) is 24.0 Å². The van der Waals surface area contributed by atoms with Crippen LogP contribution < -0.4 is 4.74 Å². The molecular formula is C19H27NO4. The number of amides is 1. The monoisotopic (exact) mass is 333 g/mol. The van der Waals surface area contributed by atoms with Crippen LogP contribution in [-0.4, -0.2) is 54.9 Å². The van der Waals surface area contributed by atoms with E-state index in [1.807, 2.05) is 29.2 Å². The Kier molecular flexibility index (Phi) is 5.74. The molecule has 3 unspecified atom stereocenters. The van der Waals surface area contributed by atoms with E-state index >= 15 is 0 Å². The number of ether oxygens (including phenoxy) is 2. The molecule has 1 saturated heterocycles. The van der Waals surface area contributed by atoms with Crippen LogP contribution in [0.3, 0.4) is 0 Å². The number of aryl methyl sites for hydroxylation is 1. The molecule has 3 atom stereocenters. The number of rotatable bonds is 5. The molecule has 2 aliphatic rings. The topological polar surface area (TPSA) is 59.0 Å². The molecule has 5 heteroatoms. The Morgan fingerprint density at radius 1 is 1.33 bits per heavy atom. The van der Waals surface area contributed by atoms with Gasteiger partial charge in [-0.25, -0.2) is 0 Å². The van der Waals surface area contributed by atoms with Gasteiger partial charge in [0.25, 0.3) is 0 Å². The van der Waals surface area contributed by atoms with Gasteiger partial charge in [-0.1, -0.05) is 18.6 Å². The number of nitrogens with zero attached hydrogens (tertiary/aromatic N) is 1. The number of benzene rings is 1. The van der Waals surface area contributed by atoms with E-state index in [1.54, 1.807) is 7.11 Å². The van der Waals surface area contributed by atoms with Crippen LogP contribution in [-0.2, 0) is 16.0 Å². The minimum Gasteiger partial charge on any atom is -0.497 e. The number of carbonyl (C=O) groups is 1. The highest BCUT2D eigenvalue weighted by Gasteiger charge is 2.39. The van der Waals surface area contributed by atoms with E-state index in [0.29, 0.717) is 26.2 Å². The number of hydrogen-bond donors (Lipinski definition) is 1. The maximum atomic E-state index is 12.7. The minimum absolute atomic E-state index is 0.0274. The van der Waals surface area contributed by atoms with Gasteiger partial charge < -0.3 is 19.5 Å². The van der Waals surface area contributed by atoms with Gasteiger partial charge in [-0.3, -0.25) is 4.79 Å². The molecule has 132 valence electrons. The van der Waals surface area contributed by atoms with Crippen LogP contribution >= 0.6 is 0 Å². The van der Waals surface area contributed by atoms with Gasteiger partial charge >= 0.3 is 0 Å². The summed E-state index contributed by atoms with van der Waals surface area (Å²) >= 11 is 0. The lowest BCUT2D eigenvalue weighted by Gasteiger charge is -2.40. The first-order valence-corrected chi connectivity index (χ1v) is 8.87. The van der Waals surface area contributed by atoms with E-state index in [9.17, 15) is 9.90 Å². The van der Waals surface area contributed by atoms with Gasteiger partial charge in [0.2, 0.25) is 5.91 Å². The summed E-state index contributed by atoms with van der Waals surface area (Å²) in [6, 6.07) is 7.88. The molecule has 2 fully saturated rings. The van der Waals surface area contributed by atoms with Crippen molar-refractivity contribution in [1.82, 2.24) is 4.90 Å². The average molecular weight is 333 g/mol. The standard InChI is InChI=1S/C19H27NO4/c1-23-15-8-5-14(6-9-15)7-10-19(22)20-11-12-24-13-17(20)16-3-2-4-18(16)21/h5-6,8-9,16-18,21H,2-4,7,10-13H2,1H3. The molecule has 24 heavy (non-hydrogen) atoms. The van der Waals surface area contributed by atoms with Crippen molar-refractivity contribution in [2.75, 3.05) is 26.9 Å². The Morgan fingerprint density at radius 2 is 2.12 bits per heavy atom. The molecule has 0 spiro atoms. The second kappa shape index (κ2) is 7.99. The molecule has 0 radical (unpaired) electrons. The van der Waals surface area contributed by atoms with Crippen LogP contribution in [0.4, 0.5) is 0 Å². The molecule has 1 heterocycles. The summed E-state index contributed by atoms with van der Waals surface area (Å²) in [5.74, 6) is 1.15. The molecule has 1 aromatic carbocycles. The Morgan fingerprint density at radius 3 is 2.79 bits per heavy atom. The molecule has 3 rings (SSSR count).